The Labute approximate surface area is 96.1 Å². The SMILES string of the molecule is COC(=O)CCOc1cc(F)ccc1[N+](=O)[O-]. The second-order valence-corrected chi connectivity index (χ2v) is 3.04. The fraction of sp³-hybridized carbons (Fsp3) is 0.300. The number of esters is 1. The average molecular weight is 243 g/mol. The second kappa shape index (κ2) is 5.78. The fourth-order valence-electron chi connectivity index (χ4n) is 1.10. The number of hydrogen-bond acceptors (Lipinski definition) is 5. The number of carbonyl (C=O) groups excluding carboxylic acids is 1. The minimum Gasteiger partial charge on any atom is -0.486 e. The Morgan fingerprint density at radius 2 is 2.24 bits per heavy atom. The first-order chi connectivity index (χ1) is 8.04. The molecule has 1 aromatic rings. The molecule has 0 unspecified atom stereocenters. The summed E-state index contributed by atoms with van der Waals surface area (Å²) >= 11 is 0. The van der Waals surface area contributed by atoms with Crippen LogP contribution in [0.1, 0.15) is 6.42 Å². The van der Waals surface area contributed by atoms with Gasteiger partial charge in [-0.15, -0.1) is 0 Å². The van der Waals surface area contributed by atoms with Gasteiger partial charge in [-0.1, -0.05) is 0 Å². The van der Waals surface area contributed by atoms with Gasteiger partial charge in [0.1, 0.15) is 5.82 Å². The standard InChI is InChI=1S/C10H10FNO5/c1-16-10(13)4-5-17-9-6-7(11)2-3-8(9)12(14)15/h2-3,6H,4-5H2,1H3. The lowest BCUT2D eigenvalue weighted by Gasteiger charge is -2.05. The number of ether oxygens (including phenoxy) is 2. The van der Waals surface area contributed by atoms with Crippen LogP contribution >= 0.6 is 0 Å². The van der Waals surface area contributed by atoms with Gasteiger partial charge in [-0.3, -0.25) is 14.9 Å². The van der Waals surface area contributed by atoms with E-state index in [0.717, 1.165) is 18.2 Å². The molecule has 0 spiro atoms. The van der Waals surface area contributed by atoms with Crippen LogP contribution in [0.25, 0.3) is 0 Å². The number of halogens is 1. The van der Waals surface area contributed by atoms with Gasteiger partial charge in [0.25, 0.3) is 0 Å². The number of nitro benzene ring substituents is 1. The van der Waals surface area contributed by atoms with E-state index in [-0.39, 0.29) is 24.5 Å². The minimum absolute atomic E-state index is 0.0653. The summed E-state index contributed by atoms with van der Waals surface area (Å²) in [6, 6.07) is 2.86. The van der Waals surface area contributed by atoms with Gasteiger partial charge in [-0.2, -0.15) is 0 Å². The molecule has 0 aromatic heterocycles. The van der Waals surface area contributed by atoms with E-state index in [1.807, 2.05) is 0 Å². The van der Waals surface area contributed by atoms with E-state index in [9.17, 15) is 19.3 Å². The highest BCUT2D eigenvalue weighted by atomic mass is 19.1. The normalized spacial score (nSPS) is 9.76. The number of rotatable bonds is 5. The smallest absolute Gasteiger partial charge is 0.311 e. The molecule has 0 bridgehead atoms. The van der Waals surface area contributed by atoms with Gasteiger partial charge >= 0.3 is 11.7 Å². The number of nitro groups is 1. The maximum atomic E-state index is 12.9. The van der Waals surface area contributed by atoms with Crippen molar-refractivity contribution in [1.29, 1.82) is 0 Å². The predicted molar refractivity (Wildman–Crippen MR) is 55.2 cm³/mol. The average Bonchev–Trinajstić information content (AvgIpc) is 2.28. The quantitative estimate of drug-likeness (QED) is 0.446. The summed E-state index contributed by atoms with van der Waals surface area (Å²) in [6.07, 6.45) is -0.0653. The van der Waals surface area contributed by atoms with Gasteiger partial charge in [0.05, 0.1) is 25.1 Å². The lowest BCUT2D eigenvalue weighted by Crippen LogP contribution is -2.08. The first-order valence-electron chi connectivity index (χ1n) is 4.68. The maximum Gasteiger partial charge on any atom is 0.311 e. The van der Waals surface area contributed by atoms with Crippen molar-refractivity contribution < 1.29 is 23.6 Å². The summed E-state index contributed by atoms with van der Waals surface area (Å²) in [7, 11) is 1.22. The van der Waals surface area contributed by atoms with Crippen LogP contribution in [-0.2, 0) is 9.53 Å². The largest absolute Gasteiger partial charge is 0.486 e. The highest BCUT2D eigenvalue weighted by molar-refractivity contribution is 5.69. The van der Waals surface area contributed by atoms with E-state index in [1.54, 1.807) is 0 Å². The van der Waals surface area contributed by atoms with Crippen molar-refractivity contribution in [3.63, 3.8) is 0 Å². The van der Waals surface area contributed by atoms with Crippen LogP contribution < -0.4 is 4.74 Å². The topological polar surface area (TPSA) is 78.7 Å². The molecule has 0 radical (unpaired) electrons. The van der Waals surface area contributed by atoms with Gasteiger partial charge in [-0.25, -0.2) is 4.39 Å². The number of carbonyl (C=O) groups is 1. The van der Waals surface area contributed by atoms with Crippen LogP contribution in [0.4, 0.5) is 10.1 Å². The van der Waals surface area contributed by atoms with Crippen LogP contribution in [0.5, 0.6) is 5.75 Å². The summed E-state index contributed by atoms with van der Waals surface area (Å²) in [6.45, 7) is -0.114. The molecule has 7 heteroatoms. The molecule has 92 valence electrons. The summed E-state index contributed by atoms with van der Waals surface area (Å²) in [5, 5.41) is 10.6. The minimum atomic E-state index is -0.688. The van der Waals surface area contributed by atoms with E-state index in [0.29, 0.717) is 0 Å². The zero-order valence-corrected chi connectivity index (χ0v) is 9.01. The van der Waals surface area contributed by atoms with Crippen molar-refractivity contribution in [3.8, 4) is 5.75 Å². The third kappa shape index (κ3) is 3.71. The van der Waals surface area contributed by atoms with Crippen LogP contribution in [-0.4, -0.2) is 24.6 Å². The van der Waals surface area contributed by atoms with E-state index in [2.05, 4.69) is 4.74 Å². The van der Waals surface area contributed by atoms with Crippen molar-refractivity contribution in [2.75, 3.05) is 13.7 Å². The third-order valence-corrected chi connectivity index (χ3v) is 1.91. The molecule has 0 amide bonds. The van der Waals surface area contributed by atoms with E-state index < -0.39 is 16.7 Å². The van der Waals surface area contributed by atoms with Crippen molar-refractivity contribution in [2.24, 2.45) is 0 Å². The molecular weight excluding hydrogens is 233 g/mol. The molecule has 0 saturated carbocycles. The van der Waals surface area contributed by atoms with Gasteiger partial charge in [0.15, 0.2) is 5.75 Å². The lowest BCUT2D eigenvalue weighted by atomic mass is 10.3. The van der Waals surface area contributed by atoms with E-state index in [4.69, 9.17) is 4.74 Å². The number of hydrogen-bond donors (Lipinski definition) is 0. The molecule has 0 saturated heterocycles. The van der Waals surface area contributed by atoms with Crippen LogP contribution in [0.2, 0.25) is 0 Å². The number of nitrogens with zero attached hydrogens (tertiary/aromatic N) is 1. The Hall–Kier alpha value is -2.18. The zero-order chi connectivity index (χ0) is 12.8. The fourth-order valence-corrected chi connectivity index (χ4v) is 1.10. The van der Waals surface area contributed by atoms with Crippen LogP contribution in [0.3, 0.4) is 0 Å². The molecule has 0 heterocycles. The van der Waals surface area contributed by atoms with E-state index in [1.165, 1.54) is 7.11 Å². The Kier molecular flexibility index (Phi) is 4.38. The maximum absolute atomic E-state index is 12.9. The first-order valence-corrected chi connectivity index (χ1v) is 4.68. The van der Waals surface area contributed by atoms with Crippen molar-refractivity contribution >= 4 is 11.7 Å². The molecule has 0 N–H and O–H groups in total. The third-order valence-electron chi connectivity index (χ3n) is 1.91. The molecule has 1 aromatic carbocycles. The molecular formula is C10H10FNO5. The molecule has 0 aliphatic heterocycles. The van der Waals surface area contributed by atoms with Gasteiger partial charge in [-0.05, 0) is 6.07 Å². The second-order valence-electron chi connectivity index (χ2n) is 3.04. The predicted octanol–water partition coefficient (Wildman–Crippen LogP) is 1.68. The van der Waals surface area contributed by atoms with Gasteiger partial charge < -0.3 is 9.47 Å². The highest BCUT2D eigenvalue weighted by Crippen LogP contribution is 2.27. The molecule has 0 atom stereocenters. The highest BCUT2D eigenvalue weighted by Gasteiger charge is 2.16. The first kappa shape index (κ1) is 12.9. The Morgan fingerprint density at radius 3 is 2.82 bits per heavy atom. The van der Waals surface area contributed by atoms with Crippen molar-refractivity contribution in [1.82, 2.24) is 0 Å². The molecule has 17 heavy (non-hydrogen) atoms. The van der Waals surface area contributed by atoms with Gasteiger partial charge in [0.2, 0.25) is 0 Å². The molecule has 0 aliphatic rings. The van der Waals surface area contributed by atoms with Crippen molar-refractivity contribution in [3.05, 3.63) is 34.1 Å². The zero-order valence-electron chi connectivity index (χ0n) is 9.01. The molecule has 0 fully saturated rings. The van der Waals surface area contributed by atoms with Crippen molar-refractivity contribution in [2.45, 2.75) is 6.42 Å². The Bertz CT molecular complexity index is 435. The monoisotopic (exact) mass is 243 g/mol. The Balaban J connectivity index is 2.72. The summed E-state index contributed by atoms with van der Waals surface area (Å²) in [5.41, 5.74) is -0.351. The van der Waals surface area contributed by atoms with E-state index >= 15 is 0 Å². The Morgan fingerprint density at radius 1 is 1.53 bits per heavy atom. The number of benzene rings is 1. The summed E-state index contributed by atoms with van der Waals surface area (Å²) in [5.74, 6) is -1.37. The number of methoxy groups -OCH3 is 1. The lowest BCUT2D eigenvalue weighted by molar-refractivity contribution is -0.385. The summed E-state index contributed by atoms with van der Waals surface area (Å²) < 4.78 is 22.2. The van der Waals surface area contributed by atoms with Gasteiger partial charge in [0, 0.05) is 12.1 Å². The van der Waals surface area contributed by atoms with Crippen LogP contribution in [0, 0.1) is 15.9 Å². The molecule has 0 aliphatic carbocycles. The van der Waals surface area contributed by atoms with Crippen LogP contribution in [0.15, 0.2) is 18.2 Å². The molecule has 6 nitrogen and oxygen atoms in total. The summed E-state index contributed by atoms with van der Waals surface area (Å²) in [4.78, 5) is 20.7. The molecule has 1 rings (SSSR count).